The van der Waals surface area contributed by atoms with Gasteiger partial charge < -0.3 is 4.74 Å². The predicted molar refractivity (Wildman–Crippen MR) is 63.0 cm³/mol. The van der Waals surface area contributed by atoms with Crippen LogP contribution in [-0.2, 0) is 14.3 Å². The van der Waals surface area contributed by atoms with Gasteiger partial charge in [-0.2, -0.15) is 0 Å². The van der Waals surface area contributed by atoms with E-state index in [0.717, 1.165) is 0 Å². The molecule has 0 rings (SSSR count). The van der Waals surface area contributed by atoms with Crippen molar-refractivity contribution in [2.45, 2.75) is 40.2 Å². The van der Waals surface area contributed by atoms with E-state index in [4.69, 9.17) is 4.74 Å². The van der Waals surface area contributed by atoms with Gasteiger partial charge in [0.15, 0.2) is 0 Å². The fraction of sp³-hybridized carbons (Fsp3) is 0.818. The molecule has 4 heteroatoms. The van der Waals surface area contributed by atoms with Gasteiger partial charge in [-0.25, -0.2) is 0 Å². The molecule has 0 unspecified atom stereocenters. The first-order chi connectivity index (χ1) is 6.72. The van der Waals surface area contributed by atoms with E-state index in [0.29, 0.717) is 5.75 Å². The molecule has 0 aliphatic heterocycles. The quantitative estimate of drug-likeness (QED) is 0.682. The minimum atomic E-state index is -0.445. The molecule has 0 amide bonds. The summed E-state index contributed by atoms with van der Waals surface area (Å²) in [5.41, 5.74) is -0.445. The molecule has 0 N–H and O–H groups in total. The molecule has 0 saturated carbocycles. The Hall–Kier alpha value is -0.510. The summed E-state index contributed by atoms with van der Waals surface area (Å²) in [4.78, 5) is 22.5. The van der Waals surface area contributed by atoms with Crippen LogP contribution in [0.5, 0.6) is 0 Å². The Morgan fingerprint density at radius 2 is 1.73 bits per heavy atom. The first-order valence-electron chi connectivity index (χ1n) is 5.04. The minimum Gasteiger partial charge on any atom is -0.459 e. The van der Waals surface area contributed by atoms with Crippen LogP contribution in [0.15, 0.2) is 0 Å². The van der Waals surface area contributed by atoms with Crippen LogP contribution in [0.25, 0.3) is 0 Å². The summed E-state index contributed by atoms with van der Waals surface area (Å²) in [5, 5.41) is 0. The van der Waals surface area contributed by atoms with Gasteiger partial charge >= 0.3 is 5.97 Å². The van der Waals surface area contributed by atoms with E-state index in [1.54, 1.807) is 0 Å². The lowest BCUT2D eigenvalue weighted by molar-refractivity contribution is -0.151. The average molecular weight is 232 g/mol. The number of carbonyl (C=O) groups excluding carboxylic acids is 2. The van der Waals surface area contributed by atoms with Crippen LogP contribution in [0.3, 0.4) is 0 Å². The van der Waals surface area contributed by atoms with Gasteiger partial charge in [-0.05, 0) is 20.8 Å². The van der Waals surface area contributed by atoms with Crippen LogP contribution in [-0.4, -0.2) is 28.9 Å². The molecule has 3 nitrogen and oxygen atoms in total. The van der Waals surface area contributed by atoms with Crippen molar-refractivity contribution in [2.75, 3.05) is 11.5 Å². The molecule has 0 atom stereocenters. The molecule has 0 aliphatic carbocycles. The highest BCUT2D eigenvalue weighted by Crippen LogP contribution is 2.11. The van der Waals surface area contributed by atoms with Crippen molar-refractivity contribution in [3.8, 4) is 0 Å². The van der Waals surface area contributed by atoms with Gasteiger partial charge in [0, 0.05) is 5.92 Å². The number of Topliss-reactive ketones (excluding diaryl/α,β-unsaturated/α-hetero) is 1. The molecule has 0 fully saturated rings. The van der Waals surface area contributed by atoms with E-state index in [2.05, 4.69) is 0 Å². The normalized spacial score (nSPS) is 11.6. The molecule has 0 bridgehead atoms. The highest BCUT2D eigenvalue weighted by molar-refractivity contribution is 8.00. The Morgan fingerprint density at radius 1 is 1.20 bits per heavy atom. The van der Waals surface area contributed by atoms with Crippen LogP contribution >= 0.6 is 11.8 Å². The van der Waals surface area contributed by atoms with E-state index in [1.807, 2.05) is 34.6 Å². The van der Waals surface area contributed by atoms with Crippen molar-refractivity contribution in [1.29, 1.82) is 0 Å². The molecule has 0 aromatic heterocycles. The zero-order valence-corrected chi connectivity index (χ0v) is 10.9. The summed E-state index contributed by atoms with van der Waals surface area (Å²) in [6.07, 6.45) is 0. The Morgan fingerprint density at radius 3 is 2.13 bits per heavy atom. The standard InChI is InChI=1S/C11H20O3S/c1-8(2)9(12)6-15-7-10(13)14-11(3,4)5/h8H,6-7H2,1-5H3. The number of hydrogen-bond acceptors (Lipinski definition) is 4. The molecule has 0 aromatic rings. The Kier molecular flexibility index (Phi) is 5.95. The van der Waals surface area contributed by atoms with Crippen LogP contribution in [0.4, 0.5) is 0 Å². The lowest BCUT2D eigenvalue weighted by Crippen LogP contribution is -2.25. The van der Waals surface area contributed by atoms with Crippen molar-refractivity contribution in [3.63, 3.8) is 0 Å². The molecule has 15 heavy (non-hydrogen) atoms. The first kappa shape index (κ1) is 14.5. The lowest BCUT2D eigenvalue weighted by Gasteiger charge is -2.19. The van der Waals surface area contributed by atoms with E-state index in [9.17, 15) is 9.59 Å². The topological polar surface area (TPSA) is 43.4 Å². The maximum atomic E-state index is 11.3. The second-order valence-corrected chi connectivity index (χ2v) is 5.69. The largest absolute Gasteiger partial charge is 0.459 e. The monoisotopic (exact) mass is 232 g/mol. The minimum absolute atomic E-state index is 0.0381. The fourth-order valence-electron chi connectivity index (χ4n) is 0.773. The third-order valence-corrected chi connectivity index (χ3v) is 2.46. The van der Waals surface area contributed by atoms with Gasteiger partial charge in [-0.3, -0.25) is 9.59 Å². The molecule has 0 saturated heterocycles. The number of ketones is 1. The summed E-state index contributed by atoms with van der Waals surface area (Å²) >= 11 is 1.31. The summed E-state index contributed by atoms with van der Waals surface area (Å²) < 4.78 is 5.11. The van der Waals surface area contributed by atoms with Gasteiger partial charge in [0.1, 0.15) is 11.4 Å². The van der Waals surface area contributed by atoms with Crippen LogP contribution in [0.1, 0.15) is 34.6 Å². The molecule has 88 valence electrons. The molecule has 0 radical (unpaired) electrons. The molecule has 0 aromatic carbocycles. The Labute approximate surface area is 95.9 Å². The summed E-state index contributed by atoms with van der Waals surface area (Å²) in [7, 11) is 0. The van der Waals surface area contributed by atoms with Crippen molar-refractivity contribution in [3.05, 3.63) is 0 Å². The maximum Gasteiger partial charge on any atom is 0.316 e. The maximum absolute atomic E-state index is 11.3. The van der Waals surface area contributed by atoms with Gasteiger partial charge in [0.05, 0.1) is 11.5 Å². The average Bonchev–Trinajstić information content (AvgIpc) is 2.00. The number of ether oxygens (including phenoxy) is 1. The lowest BCUT2D eigenvalue weighted by atomic mass is 10.1. The van der Waals surface area contributed by atoms with E-state index >= 15 is 0 Å². The first-order valence-corrected chi connectivity index (χ1v) is 6.20. The second kappa shape index (κ2) is 6.16. The van der Waals surface area contributed by atoms with E-state index < -0.39 is 5.60 Å². The van der Waals surface area contributed by atoms with Crippen molar-refractivity contribution < 1.29 is 14.3 Å². The zero-order chi connectivity index (χ0) is 12.1. The number of carbonyl (C=O) groups is 2. The third-order valence-electron chi connectivity index (χ3n) is 1.53. The van der Waals surface area contributed by atoms with Gasteiger partial charge in [0.2, 0.25) is 0 Å². The van der Waals surface area contributed by atoms with Crippen LogP contribution < -0.4 is 0 Å². The number of esters is 1. The smallest absolute Gasteiger partial charge is 0.316 e. The highest BCUT2D eigenvalue weighted by Gasteiger charge is 2.16. The summed E-state index contributed by atoms with van der Waals surface area (Å²) in [6, 6.07) is 0. The van der Waals surface area contributed by atoms with Gasteiger partial charge in [-0.15, -0.1) is 11.8 Å². The van der Waals surface area contributed by atoms with E-state index in [-0.39, 0.29) is 23.4 Å². The molecular formula is C11H20O3S. The summed E-state index contributed by atoms with van der Waals surface area (Å²) in [6.45, 7) is 9.20. The highest BCUT2D eigenvalue weighted by atomic mass is 32.2. The van der Waals surface area contributed by atoms with Gasteiger partial charge in [-0.1, -0.05) is 13.8 Å². The second-order valence-electron chi connectivity index (χ2n) is 4.70. The Bertz CT molecular complexity index is 228. The van der Waals surface area contributed by atoms with Crippen molar-refractivity contribution in [2.24, 2.45) is 5.92 Å². The van der Waals surface area contributed by atoms with Gasteiger partial charge in [0.25, 0.3) is 0 Å². The van der Waals surface area contributed by atoms with E-state index in [1.165, 1.54) is 11.8 Å². The molecule has 0 heterocycles. The zero-order valence-electron chi connectivity index (χ0n) is 10.1. The SMILES string of the molecule is CC(C)C(=O)CSCC(=O)OC(C)(C)C. The fourth-order valence-corrected chi connectivity index (χ4v) is 1.63. The summed E-state index contributed by atoms with van der Waals surface area (Å²) in [5.74, 6) is 0.580. The van der Waals surface area contributed by atoms with Crippen LogP contribution in [0, 0.1) is 5.92 Å². The number of hydrogen-bond donors (Lipinski definition) is 0. The number of thioether (sulfide) groups is 1. The van der Waals surface area contributed by atoms with Crippen molar-refractivity contribution >= 4 is 23.5 Å². The van der Waals surface area contributed by atoms with Crippen molar-refractivity contribution in [1.82, 2.24) is 0 Å². The molecule has 0 aliphatic rings. The molecule has 0 spiro atoms. The Balaban J connectivity index is 3.70. The predicted octanol–water partition coefficient (Wildman–Crippen LogP) is 2.29. The number of rotatable bonds is 5. The van der Waals surface area contributed by atoms with Crippen LogP contribution in [0.2, 0.25) is 0 Å². The third kappa shape index (κ3) is 8.48. The molecular weight excluding hydrogens is 212 g/mol.